The van der Waals surface area contributed by atoms with E-state index in [0.29, 0.717) is 21.0 Å². The van der Waals surface area contributed by atoms with Gasteiger partial charge in [-0.1, -0.05) is 11.6 Å². The van der Waals surface area contributed by atoms with Crippen LogP contribution in [0.4, 0.5) is 0 Å². The molecule has 2 rings (SSSR count). The van der Waals surface area contributed by atoms with Crippen molar-refractivity contribution in [3.63, 3.8) is 0 Å². The van der Waals surface area contributed by atoms with Gasteiger partial charge in [-0.05, 0) is 57.4 Å². The van der Waals surface area contributed by atoms with E-state index in [9.17, 15) is 13.2 Å². The Kier molecular flexibility index (Phi) is 6.75. The van der Waals surface area contributed by atoms with Crippen LogP contribution in [-0.2, 0) is 19.8 Å². The third kappa shape index (κ3) is 5.66. The van der Waals surface area contributed by atoms with Crippen LogP contribution in [0.5, 0.6) is 5.75 Å². The lowest BCUT2D eigenvalue weighted by Crippen LogP contribution is -2.18. The van der Waals surface area contributed by atoms with E-state index in [4.69, 9.17) is 20.5 Å². The number of amides is 1. The van der Waals surface area contributed by atoms with E-state index < -0.39 is 22.1 Å². The number of carbonyl (C=O) groups excluding carboxylic acids is 1. The van der Waals surface area contributed by atoms with E-state index in [2.05, 4.69) is 4.99 Å². The van der Waals surface area contributed by atoms with Crippen LogP contribution in [0.25, 0.3) is 0 Å². The lowest BCUT2D eigenvalue weighted by molar-refractivity contribution is 0.0995. The highest BCUT2D eigenvalue weighted by molar-refractivity contribution is 7.86. The predicted molar refractivity (Wildman–Crippen MR) is 110 cm³/mol. The summed E-state index contributed by atoms with van der Waals surface area (Å²) in [5.74, 6) is -0.199. The molecule has 0 N–H and O–H groups in total. The zero-order valence-corrected chi connectivity index (χ0v) is 18.9. The van der Waals surface area contributed by atoms with Crippen molar-refractivity contribution in [2.75, 3.05) is 13.4 Å². The molecule has 2 aromatic rings. The molecule has 1 aromatic heterocycles. The molecule has 0 radical (unpaired) electrons. The Balaban J connectivity index is 2.61. The van der Waals surface area contributed by atoms with Gasteiger partial charge in [-0.15, -0.1) is 0 Å². The zero-order chi connectivity index (χ0) is 21.3. The summed E-state index contributed by atoms with van der Waals surface area (Å²) >= 11 is 7.24. The third-order valence-corrected chi connectivity index (χ3v) is 5.92. The molecule has 0 saturated heterocycles. The molecule has 154 valence electrons. The Hall–Kier alpha value is -1.68. The van der Waals surface area contributed by atoms with Gasteiger partial charge in [0.1, 0.15) is 16.5 Å². The monoisotopic (exact) mass is 446 g/mol. The number of rotatable bonds is 5. The van der Waals surface area contributed by atoms with Crippen molar-refractivity contribution in [2.24, 2.45) is 4.99 Å². The smallest absolute Gasteiger partial charge is 0.282 e. The van der Waals surface area contributed by atoms with Crippen LogP contribution in [0.15, 0.2) is 29.4 Å². The minimum Gasteiger partial charge on any atom is -0.496 e. The first kappa shape index (κ1) is 22.6. The fourth-order valence-corrected chi connectivity index (χ4v) is 4.24. The molecule has 28 heavy (non-hydrogen) atoms. The first-order chi connectivity index (χ1) is 12.8. The third-order valence-electron chi connectivity index (χ3n) is 3.70. The number of benzene rings is 1. The predicted octanol–water partition coefficient (Wildman–Crippen LogP) is 3.74. The lowest BCUT2D eigenvalue weighted by atomic mass is 10.1. The Labute approximate surface area is 173 Å². The minimum absolute atomic E-state index is 0.216. The highest BCUT2D eigenvalue weighted by atomic mass is 35.5. The lowest BCUT2D eigenvalue weighted by Gasteiger charge is -2.19. The molecule has 0 bridgehead atoms. The molecular formula is C18H23ClN2O5S2. The van der Waals surface area contributed by atoms with Gasteiger partial charge >= 0.3 is 0 Å². The first-order valence-corrected chi connectivity index (χ1v) is 11.3. The quantitative estimate of drug-likeness (QED) is 0.653. The van der Waals surface area contributed by atoms with Crippen LogP contribution >= 0.6 is 23.1 Å². The van der Waals surface area contributed by atoms with Crippen LogP contribution in [-0.4, -0.2) is 31.6 Å². The van der Waals surface area contributed by atoms with Gasteiger partial charge in [0, 0.05) is 22.3 Å². The molecule has 0 aliphatic rings. The molecule has 1 heterocycles. The summed E-state index contributed by atoms with van der Waals surface area (Å²) in [7, 11) is -2.23. The van der Waals surface area contributed by atoms with Crippen LogP contribution in [0.2, 0.25) is 5.02 Å². The normalized spacial score (nSPS) is 14.2. The second-order valence-corrected chi connectivity index (χ2v) is 10.2. The van der Waals surface area contributed by atoms with Gasteiger partial charge in [0.2, 0.25) is 0 Å². The summed E-state index contributed by atoms with van der Waals surface area (Å²) in [5, 5.41) is 0.379. The van der Waals surface area contributed by atoms with E-state index in [0.717, 1.165) is 6.26 Å². The Morgan fingerprint density at radius 3 is 2.50 bits per heavy atom. The Bertz CT molecular complexity index is 1050. The Morgan fingerprint density at radius 1 is 1.32 bits per heavy atom. The molecule has 0 aliphatic heterocycles. The first-order valence-electron chi connectivity index (χ1n) is 8.36. The second kappa shape index (κ2) is 8.36. The van der Waals surface area contributed by atoms with E-state index >= 15 is 0 Å². The fraction of sp³-hybridized carbons (Fsp3) is 0.444. The number of aromatic nitrogens is 1. The van der Waals surface area contributed by atoms with Gasteiger partial charge in [0.25, 0.3) is 16.0 Å². The van der Waals surface area contributed by atoms with Gasteiger partial charge in [0.15, 0.2) is 0 Å². The van der Waals surface area contributed by atoms with E-state index in [1.165, 1.54) is 24.7 Å². The molecular weight excluding hydrogens is 424 g/mol. The maximum absolute atomic E-state index is 12.8. The van der Waals surface area contributed by atoms with Gasteiger partial charge < -0.3 is 4.74 Å². The highest BCUT2D eigenvalue weighted by Crippen LogP contribution is 2.25. The molecule has 7 nitrogen and oxygen atoms in total. The Morgan fingerprint density at radius 2 is 1.96 bits per heavy atom. The molecule has 1 aromatic carbocycles. The van der Waals surface area contributed by atoms with Crippen molar-refractivity contribution >= 4 is 39.2 Å². The summed E-state index contributed by atoms with van der Waals surface area (Å²) in [6.07, 6.45) is 1.93. The molecule has 0 saturated carbocycles. The van der Waals surface area contributed by atoms with Crippen LogP contribution in [0.3, 0.4) is 0 Å². The van der Waals surface area contributed by atoms with Gasteiger partial charge in [0.05, 0.1) is 18.9 Å². The number of halogens is 1. The number of hydrogen-bond acceptors (Lipinski definition) is 6. The molecule has 1 unspecified atom stereocenters. The molecule has 1 atom stereocenters. The second-order valence-electron chi connectivity index (χ2n) is 7.18. The van der Waals surface area contributed by atoms with Crippen molar-refractivity contribution in [2.45, 2.75) is 39.3 Å². The summed E-state index contributed by atoms with van der Waals surface area (Å²) in [5.41, 5.74) is 0.433. The number of ether oxygens (including phenoxy) is 1. The molecule has 0 aliphatic carbocycles. The molecule has 0 spiro atoms. The fourth-order valence-electron chi connectivity index (χ4n) is 2.36. The largest absolute Gasteiger partial charge is 0.496 e. The van der Waals surface area contributed by atoms with E-state index in [1.807, 2.05) is 24.7 Å². The summed E-state index contributed by atoms with van der Waals surface area (Å²) in [6.45, 7) is 7.56. The van der Waals surface area contributed by atoms with Gasteiger partial charge in [-0.25, -0.2) is 0 Å². The molecule has 0 fully saturated rings. The summed E-state index contributed by atoms with van der Waals surface area (Å²) < 4.78 is 35.6. The zero-order valence-electron chi connectivity index (χ0n) is 16.5. The van der Waals surface area contributed by atoms with Gasteiger partial charge in [-0.3, -0.25) is 12.9 Å². The van der Waals surface area contributed by atoms with Crippen molar-refractivity contribution in [3.8, 4) is 5.75 Å². The van der Waals surface area contributed by atoms with Crippen LogP contribution in [0, 0.1) is 0 Å². The maximum atomic E-state index is 12.8. The van der Waals surface area contributed by atoms with E-state index in [-0.39, 0.29) is 11.1 Å². The topological polar surface area (TPSA) is 87.0 Å². The standard InChI is InChI=1S/C18H23ClN2O5S2/c1-11(26-28(6,23)24)14-10-21(18(2,3)4)27-17(14)20-16(22)13-9-12(19)7-8-15(13)25-5/h7-11H,1-6H3. The average molecular weight is 447 g/mol. The van der Waals surface area contributed by atoms with Crippen molar-refractivity contribution in [1.82, 2.24) is 3.96 Å². The van der Waals surface area contributed by atoms with Crippen molar-refractivity contribution in [1.29, 1.82) is 0 Å². The van der Waals surface area contributed by atoms with E-state index in [1.54, 1.807) is 25.3 Å². The van der Waals surface area contributed by atoms with Crippen molar-refractivity contribution in [3.05, 3.63) is 45.2 Å². The number of carbonyl (C=O) groups is 1. The summed E-state index contributed by atoms with van der Waals surface area (Å²) in [4.78, 5) is 17.0. The van der Waals surface area contributed by atoms with Crippen LogP contribution < -0.4 is 9.41 Å². The SMILES string of the molecule is COc1ccc(Cl)cc1C(=O)N=c1sn(C(C)(C)C)cc1C(C)OS(C)(=O)=O. The summed E-state index contributed by atoms with van der Waals surface area (Å²) in [6, 6.07) is 4.68. The van der Waals surface area contributed by atoms with Gasteiger partial charge in [-0.2, -0.15) is 13.4 Å². The number of hydrogen-bond donors (Lipinski definition) is 0. The van der Waals surface area contributed by atoms with Crippen molar-refractivity contribution < 1.29 is 22.1 Å². The highest BCUT2D eigenvalue weighted by Gasteiger charge is 2.22. The number of nitrogens with zero attached hydrogens (tertiary/aromatic N) is 2. The average Bonchev–Trinajstić information content (AvgIpc) is 2.97. The maximum Gasteiger partial charge on any atom is 0.282 e. The number of methoxy groups -OCH3 is 1. The molecule has 10 heteroatoms. The molecule has 1 amide bonds. The van der Waals surface area contributed by atoms with Crippen LogP contribution in [0.1, 0.15) is 49.7 Å². The minimum atomic E-state index is -3.68.